The van der Waals surface area contributed by atoms with E-state index in [0.717, 1.165) is 4.90 Å². The van der Waals surface area contributed by atoms with Gasteiger partial charge in [0.05, 0.1) is 22.0 Å². The Bertz CT molecular complexity index is 1160. The maximum Gasteiger partial charge on any atom is 0.225 e. The number of benzene rings is 2. The molecule has 2 aromatic rings. The molecule has 1 unspecified atom stereocenters. The van der Waals surface area contributed by atoms with Crippen LogP contribution in [-0.2, 0) is 19.4 Å². The number of thioether (sulfide) groups is 1. The monoisotopic (exact) mass is 491 g/mol. The number of nitrogens with one attached hydrogen (secondary N) is 1. The van der Waals surface area contributed by atoms with Gasteiger partial charge in [-0.15, -0.1) is 11.8 Å². The summed E-state index contributed by atoms with van der Waals surface area (Å²) in [6.07, 6.45) is 0.234. The zero-order chi connectivity index (χ0) is 23.6. The molecule has 7 nitrogen and oxygen atoms in total. The molecule has 0 aliphatic carbocycles. The SMILES string of the molecule is CC1CC(=O)Nc2cc(S(=O)(=O)CCC(=O)N3CCN(c4ccccc4F)CC3)ccc2S1. The van der Waals surface area contributed by atoms with Gasteiger partial charge in [0.1, 0.15) is 5.82 Å². The molecule has 176 valence electrons. The van der Waals surface area contributed by atoms with Crippen molar-refractivity contribution in [2.75, 3.05) is 42.1 Å². The van der Waals surface area contributed by atoms with E-state index in [9.17, 15) is 22.4 Å². The highest BCUT2D eigenvalue weighted by atomic mass is 32.2. The van der Waals surface area contributed by atoms with Crippen molar-refractivity contribution < 1.29 is 22.4 Å². The number of sulfone groups is 1. The van der Waals surface area contributed by atoms with Crippen LogP contribution in [0.3, 0.4) is 0 Å². The van der Waals surface area contributed by atoms with E-state index in [1.54, 1.807) is 29.2 Å². The first-order chi connectivity index (χ1) is 15.7. The third kappa shape index (κ3) is 5.50. The molecule has 4 rings (SSSR count). The fourth-order valence-corrected chi connectivity index (χ4v) is 6.33. The zero-order valence-electron chi connectivity index (χ0n) is 18.3. The molecule has 0 spiro atoms. The maximum absolute atomic E-state index is 14.0. The Morgan fingerprint density at radius 3 is 2.61 bits per heavy atom. The predicted octanol–water partition coefficient (Wildman–Crippen LogP) is 3.16. The van der Waals surface area contributed by atoms with Crippen molar-refractivity contribution in [3.05, 3.63) is 48.3 Å². The number of anilines is 2. The van der Waals surface area contributed by atoms with E-state index >= 15 is 0 Å². The summed E-state index contributed by atoms with van der Waals surface area (Å²) in [7, 11) is -3.70. The number of hydrogen-bond acceptors (Lipinski definition) is 6. The molecule has 0 radical (unpaired) electrons. The molecule has 0 bridgehead atoms. The Morgan fingerprint density at radius 1 is 1.15 bits per heavy atom. The number of nitrogens with zero attached hydrogens (tertiary/aromatic N) is 2. The number of carbonyl (C=O) groups is 2. The summed E-state index contributed by atoms with van der Waals surface area (Å²) in [6, 6.07) is 11.2. The fraction of sp³-hybridized carbons (Fsp3) is 0.391. The molecule has 10 heteroatoms. The zero-order valence-corrected chi connectivity index (χ0v) is 19.9. The van der Waals surface area contributed by atoms with Crippen LogP contribution in [-0.4, -0.2) is 62.3 Å². The number of piperazine rings is 1. The fourth-order valence-electron chi connectivity index (χ4n) is 4.03. The van der Waals surface area contributed by atoms with E-state index in [1.807, 2.05) is 11.8 Å². The summed E-state index contributed by atoms with van der Waals surface area (Å²) in [4.78, 5) is 29.1. The first-order valence-corrected chi connectivity index (χ1v) is 13.4. The van der Waals surface area contributed by atoms with Crippen molar-refractivity contribution in [1.29, 1.82) is 0 Å². The van der Waals surface area contributed by atoms with Gasteiger partial charge in [-0.3, -0.25) is 9.59 Å². The average Bonchev–Trinajstić information content (AvgIpc) is 2.93. The smallest absolute Gasteiger partial charge is 0.225 e. The summed E-state index contributed by atoms with van der Waals surface area (Å²) in [5.41, 5.74) is 1.00. The highest BCUT2D eigenvalue weighted by Gasteiger charge is 2.26. The molecule has 2 aliphatic rings. The van der Waals surface area contributed by atoms with E-state index in [2.05, 4.69) is 5.32 Å². The third-order valence-corrected chi connectivity index (χ3v) is 8.69. The van der Waals surface area contributed by atoms with Crippen molar-refractivity contribution in [3.8, 4) is 0 Å². The lowest BCUT2D eigenvalue weighted by molar-refractivity contribution is -0.131. The van der Waals surface area contributed by atoms with Crippen LogP contribution in [0.15, 0.2) is 52.3 Å². The minimum absolute atomic E-state index is 0.0916. The van der Waals surface area contributed by atoms with Gasteiger partial charge in [-0.1, -0.05) is 19.1 Å². The van der Waals surface area contributed by atoms with Crippen molar-refractivity contribution >= 4 is 44.8 Å². The molecule has 1 atom stereocenters. The largest absolute Gasteiger partial charge is 0.366 e. The first kappa shape index (κ1) is 23.6. The lowest BCUT2D eigenvalue weighted by Crippen LogP contribution is -2.49. The molecule has 1 fully saturated rings. The molecule has 2 amide bonds. The summed E-state index contributed by atoms with van der Waals surface area (Å²) >= 11 is 1.53. The Balaban J connectivity index is 1.36. The third-order valence-electron chi connectivity index (χ3n) is 5.80. The molecular formula is C23H26FN3O4S2. The van der Waals surface area contributed by atoms with Crippen LogP contribution in [0.1, 0.15) is 19.8 Å². The quantitative estimate of drug-likeness (QED) is 0.692. The van der Waals surface area contributed by atoms with Crippen molar-refractivity contribution in [1.82, 2.24) is 4.90 Å². The van der Waals surface area contributed by atoms with Crippen LogP contribution in [0.4, 0.5) is 15.8 Å². The van der Waals surface area contributed by atoms with Gasteiger partial charge < -0.3 is 15.1 Å². The lowest BCUT2D eigenvalue weighted by Gasteiger charge is -2.36. The summed E-state index contributed by atoms with van der Waals surface area (Å²) in [5, 5.41) is 2.87. The van der Waals surface area contributed by atoms with Gasteiger partial charge in [-0.05, 0) is 30.3 Å². The van der Waals surface area contributed by atoms with Crippen molar-refractivity contribution in [3.63, 3.8) is 0 Å². The highest BCUT2D eigenvalue weighted by Crippen LogP contribution is 2.36. The van der Waals surface area contributed by atoms with Crippen LogP contribution in [0.2, 0.25) is 0 Å². The second-order valence-electron chi connectivity index (χ2n) is 8.23. The topological polar surface area (TPSA) is 86.8 Å². The van der Waals surface area contributed by atoms with Gasteiger partial charge in [-0.2, -0.15) is 0 Å². The molecule has 0 aromatic heterocycles. The molecule has 2 aromatic carbocycles. The Kier molecular flexibility index (Phi) is 6.94. The second-order valence-corrected chi connectivity index (χ2v) is 11.8. The number of fused-ring (bicyclic) bond motifs is 1. The van der Waals surface area contributed by atoms with Gasteiger partial charge in [0.15, 0.2) is 9.84 Å². The van der Waals surface area contributed by atoms with E-state index in [4.69, 9.17) is 0 Å². The minimum atomic E-state index is -3.70. The van der Waals surface area contributed by atoms with Crippen molar-refractivity contribution in [2.45, 2.75) is 34.8 Å². The van der Waals surface area contributed by atoms with E-state index < -0.39 is 9.84 Å². The van der Waals surface area contributed by atoms with Crippen LogP contribution < -0.4 is 10.2 Å². The normalized spacial score (nSPS) is 19.0. The Morgan fingerprint density at radius 2 is 1.88 bits per heavy atom. The average molecular weight is 492 g/mol. The van der Waals surface area contributed by atoms with Gasteiger partial charge in [-0.25, -0.2) is 12.8 Å². The van der Waals surface area contributed by atoms with Crippen molar-refractivity contribution in [2.24, 2.45) is 0 Å². The number of carbonyl (C=O) groups excluding carboxylic acids is 2. The molecule has 2 heterocycles. The Hall–Kier alpha value is -2.59. The van der Waals surface area contributed by atoms with Gasteiger partial charge in [0.2, 0.25) is 11.8 Å². The number of amides is 2. The van der Waals surface area contributed by atoms with E-state index in [-0.39, 0.29) is 40.0 Å². The maximum atomic E-state index is 14.0. The molecule has 1 saturated heterocycles. The molecule has 33 heavy (non-hydrogen) atoms. The molecule has 0 saturated carbocycles. The summed E-state index contributed by atoms with van der Waals surface area (Å²) < 4.78 is 39.7. The number of para-hydroxylation sites is 1. The molecular weight excluding hydrogens is 465 g/mol. The van der Waals surface area contributed by atoms with Crippen LogP contribution in [0.5, 0.6) is 0 Å². The highest BCUT2D eigenvalue weighted by molar-refractivity contribution is 8.00. The van der Waals surface area contributed by atoms with Crippen LogP contribution in [0, 0.1) is 5.82 Å². The van der Waals surface area contributed by atoms with Crippen LogP contribution in [0.25, 0.3) is 0 Å². The number of halogens is 1. The summed E-state index contributed by atoms with van der Waals surface area (Å²) in [5.74, 6) is -0.990. The minimum Gasteiger partial charge on any atom is -0.366 e. The lowest BCUT2D eigenvalue weighted by atomic mass is 10.2. The van der Waals surface area contributed by atoms with E-state index in [1.165, 1.54) is 30.0 Å². The number of rotatable bonds is 5. The molecule has 1 N–H and O–H groups in total. The van der Waals surface area contributed by atoms with E-state index in [0.29, 0.717) is 44.0 Å². The Labute approximate surface area is 197 Å². The molecule has 2 aliphatic heterocycles. The van der Waals surface area contributed by atoms with Gasteiger partial charge in [0, 0.05) is 49.2 Å². The standard InChI is InChI=1S/C23H26FN3O4S2/c1-16-14-22(28)25-19-15-17(6-7-21(19)32-16)33(30,31)13-8-23(29)27-11-9-26(10-12-27)20-5-3-2-4-18(20)24/h2-7,15-16H,8-14H2,1H3,(H,25,28). The van der Waals surface area contributed by atoms with Gasteiger partial charge in [0.25, 0.3) is 0 Å². The van der Waals surface area contributed by atoms with Crippen LogP contribution >= 0.6 is 11.8 Å². The van der Waals surface area contributed by atoms with Gasteiger partial charge >= 0.3 is 0 Å². The first-order valence-electron chi connectivity index (χ1n) is 10.8. The summed E-state index contributed by atoms with van der Waals surface area (Å²) in [6.45, 7) is 3.74. The second kappa shape index (κ2) is 9.72. The predicted molar refractivity (Wildman–Crippen MR) is 127 cm³/mol. The number of hydrogen-bond donors (Lipinski definition) is 1.